The molecule has 3 aromatic carbocycles. The second-order valence-corrected chi connectivity index (χ2v) is 7.81. The van der Waals surface area contributed by atoms with E-state index < -0.39 is 0 Å². The number of aromatic nitrogens is 1. The summed E-state index contributed by atoms with van der Waals surface area (Å²) in [5.41, 5.74) is 4.30. The second kappa shape index (κ2) is 8.15. The summed E-state index contributed by atoms with van der Waals surface area (Å²) in [5.74, 6) is -0.799. The highest BCUT2D eigenvalue weighted by Gasteiger charge is 2.34. The Morgan fingerprint density at radius 1 is 0.875 bits per heavy atom. The van der Waals surface area contributed by atoms with Crippen molar-refractivity contribution in [3.63, 3.8) is 0 Å². The monoisotopic (exact) mass is 423 g/mol. The van der Waals surface area contributed by atoms with Gasteiger partial charge in [0.05, 0.1) is 17.7 Å². The lowest BCUT2D eigenvalue weighted by Crippen LogP contribution is -2.29. The first-order valence-electron chi connectivity index (χ1n) is 10.5. The quantitative estimate of drug-likeness (QED) is 0.461. The van der Waals surface area contributed by atoms with Gasteiger partial charge in [0.25, 0.3) is 17.7 Å². The van der Waals surface area contributed by atoms with Crippen LogP contribution in [0.15, 0.2) is 79.0 Å². The number of hydrogen-bond donors (Lipinski definition) is 2. The van der Waals surface area contributed by atoms with Crippen LogP contribution in [0.1, 0.15) is 42.2 Å². The number of carbonyl (C=O) groups excluding carboxylic acids is 3. The predicted octanol–water partition coefficient (Wildman–Crippen LogP) is 3.94. The van der Waals surface area contributed by atoms with Crippen molar-refractivity contribution in [2.75, 3.05) is 6.54 Å². The van der Waals surface area contributed by atoms with E-state index in [0.717, 1.165) is 22.0 Å². The Kier molecular flexibility index (Phi) is 5.03. The van der Waals surface area contributed by atoms with Crippen LogP contribution in [0.3, 0.4) is 0 Å². The fourth-order valence-electron chi connectivity index (χ4n) is 4.13. The van der Waals surface area contributed by atoms with Crippen molar-refractivity contribution in [3.8, 4) is 0 Å². The highest BCUT2D eigenvalue weighted by Crippen LogP contribution is 2.24. The first kappa shape index (κ1) is 19.8. The molecule has 0 bridgehead atoms. The summed E-state index contributed by atoms with van der Waals surface area (Å²) >= 11 is 0. The van der Waals surface area contributed by atoms with Crippen LogP contribution >= 0.6 is 0 Å². The van der Waals surface area contributed by atoms with Crippen molar-refractivity contribution < 1.29 is 14.4 Å². The lowest BCUT2D eigenvalue weighted by Gasteiger charge is -2.14. The SMILES string of the molecule is O=C(NCCc1c[nH]c2ccccc12)c1cccc(CN2C(=O)c3ccccc3C2=O)c1. The van der Waals surface area contributed by atoms with Gasteiger partial charge in [-0.25, -0.2) is 0 Å². The first-order valence-corrected chi connectivity index (χ1v) is 10.5. The molecule has 1 aromatic heterocycles. The number of aromatic amines is 1. The average Bonchev–Trinajstić information content (AvgIpc) is 3.34. The van der Waals surface area contributed by atoms with Gasteiger partial charge >= 0.3 is 0 Å². The second-order valence-electron chi connectivity index (χ2n) is 7.81. The van der Waals surface area contributed by atoms with Gasteiger partial charge in [-0.3, -0.25) is 19.3 Å². The number of benzene rings is 3. The molecule has 5 rings (SSSR count). The maximum atomic E-state index is 12.7. The fourth-order valence-corrected chi connectivity index (χ4v) is 4.13. The summed E-state index contributed by atoms with van der Waals surface area (Å²) in [7, 11) is 0. The Balaban J connectivity index is 1.24. The van der Waals surface area contributed by atoms with Crippen molar-refractivity contribution >= 4 is 28.6 Å². The third-order valence-electron chi connectivity index (χ3n) is 5.76. The Hall–Kier alpha value is -4.19. The Morgan fingerprint density at radius 2 is 1.59 bits per heavy atom. The summed E-state index contributed by atoms with van der Waals surface area (Å²) in [6.07, 6.45) is 2.68. The van der Waals surface area contributed by atoms with Crippen molar-refractivity contribution in [1.29, 1.82) is 0 Å². The molecule has 2 heterocycles. The molecule has 0 unspecified atom stereocenters. The van der Waals surface area contributed by atoms with E-state index in [9.17, 15) is 14.4 Å². The standard InChI is InChI=1S/C26H21N3O3/c30-24(27-13-12-19-15-28-23-11-4-3-8-20(19)23)18-7-5-6-17(14-18)16-29-25(31)21-9-1-2-10-22(21)26(29)32/h1-11,14-15,28H,12-13,16H2,(H,27,30). The summed E-state index contributed by atoms with van der Waals surface area (Å²) in [6.45, 7) is 0.631. The summed E-state index contributed by atoms with van der Waals surface area (Å²) in [6, 6.07) is 21.9. The van der Waals surface area contributed by atoms with Crippen LogP contribution in [0.5, 0.6) is 0 Å². The molecule has 3 amide bonds. The minimum absolute atomic E-state index is 0.128. The lowest BCUT2D eigenvalue weighted by molar-refractivity contribution is 0.0642. The van der Waals surface area contributed by atoms with Crippen LogP contribution in [-0.4, -0.2) is 34.2 Å². The number of rotatable bonds is 6. The number of amides is 3. The molecule has 6 heteroatoms. The molecule has 1 aliphatic heterocycles. The molecule has 0 spiro atoms. The molecule has 0 saturated heterocycles. The number of hydrogen-bond acceptors (Lipinski definition) is 3. The van der Waals surface area contributed by atoms with E-state index in [0.29, 0.717) is 29.7 Å². The Morgan fingerprint density at radius 3 is 2.38 bits per heavy atom. The van der Waals surface area contributed by atoms with E-state index in [1.807, 2.05) is 30.5 Å². The third-order valence-corrected chi connectivity index (χ3v) is 5.76. The van der Waals surface area contributed by atoms with Crippen molar-refractivity contribution in [3.05, 3.63) is 107 Å². The third kappa shape index (κ3) is 3.56. The predicted molar refractivity (Wildman–Crippen MR) is 121 cm³/mol. The van der Waals surface area contributed by atoms with Crippen molar-refractivity contribution in [1.82, 2.24) is 15.2 Å². The molecule has 4 aromatic rings. The smallest absolute Gasteiger partial charge is 0.261 e. The van der Waals surface area contributed by atoms with Gasteiger partial charge in [0.1, 0.15) is 0 Å². The van der Waals surface area contributed by atoms with Gasteiger partial charge in [0.15, 0.2) is 0 Å². The fraction of sp³-hybridized carbons (Fsp3) is 0.115. The first-order chi connectivity index (χ1) is 15.6. The number of carbonyl (C=O) groups is 3. The van der Waals surface area contributed by atoms with Crippen LogP contribution in [-0.2, 0) is 13.0 Å². The van der Waals surface area contributed by atoms with Gasteiger partial charge < -0.3 is 10.3 Å². The number of nitrogens with zero attached hydrogens (tertiary/aromatic N) is 1. The van der Waals surface area contributed by atoms with Gasteiger partial charge in [0, 0.05) is 29.2 Å². The number of fused-ring (bicyclic) bond motifs is 2. The molecule has 0 saturated carbocycles. The zero-order valence-electron chi connectivity index (χ0n) is 17.3. The maximum Gasteiger partial charge on any atom is 0.261 e. The maximum absolute atomic E-state index is 12.7. The topological polar surface area (TPSA) is 82.3 Å². The molecule has 0 aliphatic carbocycles. The summed E-state index contributed by atoms with van der Waals surface area (Å²) < 4.78 is 0. The van der Waals surface area contributed by atoms with Gasteiger partial charge in [-0.1, -0.05) is 42.5 Å². The molecular weight excluding hydrogens is 402 g/mol. The number of imide groups is 1. The van der Waals surface area contributed by atoms with Crippen LogP contribution in [0.2, 0.25) is 0 Å². The zero-order chi connectivity index (χ0) is 22.1. The molecule has 0 atom stereocenters. The number of para-hydroxylation sites is 1. The van der Waals surface area contributed by atoms with E-state index in [1.54, 1.807) is 42.5 Å². The van der Waals surface area contributed by atoms with Crippen LogP contribution in [0, 0.1) is 0 Å². The minimum Gasteiger partial charge on any atom is -0.361 e. The van der Waals surface area contributed by atoms with Crippen molar-refractivity contribution in [2.24, 2.45) is 0 Å². The van der Waals surface area contributed by atoms with Crippen LogP contribution < -0.4 is 5.32 Å². The Bertz CT molecular complexity index is 1320. The molecule has 0 fully saturated rings. The highest BCUT2D eigenvalue weighted by atomic mass is 16.2. The van der Waals surface area contributed by atoms with Crippen LogP contribution in [0.4, 0.5) is 0 Å². The molecule has 2 N–H and O–H groups in total. The van der Waals surface area contributed by atoms with Gasteiger partial charge in [0.2, 0.25) is 0 Å². The largest absolute Gasteiger partial charge is 0.361 e. The number of nitrogens with one attached hydrogen (secondary N) is 2. The molecule has 6 nitrogen and oxygen atoms in total. The molecular formula is C26H21N3O3. The molecule has 158 valence electrons. The lowest BCUT2D eigenvalue weighted by atomic mass is 10.1. The van der Waals surface area contributed by atoms with E-state index in [1.165, 1.54) is 4.90 Å². The number of H-pyrrole nitrogens is 1. The highest BCUT2D eigenvalue weighted by molar-refractivity contribution is 6.21. The summed E-state index contributed by atoms with van der Waals surface area (Å²) in [5, 5.41) is 4.11. The van der Waals surface area contributed by atoms with E-state index >= 15 is 0 Å². The van der Waals surface area contributed by atoms with Gasteiger partial charge in [-0.15, -0.1) is 0 Å². The van der Waals surface area contributed by atoms with Gasteiger partial charge in [-0.2, -0.15) is 0 Å². The van der Waals surface area contributed by atoms with Crippen molar-refractivity contribution in [2.45, 2.75) is 13.0 Å². The molecule has 1 aliphatic rings. The van der Waals surface area contributed by atoms with E-state index in [4.69, 9.17) is 0 Å². The summed E-state index contributed by atoms with van der Waals surface area (Å²) in [4.78, 5) is 42.3. The molecule has 0 radical (unpaired) electrons. The average molecular weight is 423 g/mol. The van der Waals surface area contributed by atoms with Crippen LogP contribution in [0.25, 0.3) is 10.9 Å². The minimum atomic E-state index is -0.306. The van der Waals surface area contributed by atoms with Gasteiger partial charge in [-0.05, 0) is 47.9 Å². The zero-order valence-corrected chi connectivity index (χ0v) is 17.3. The normalized spacial score (nSPS) is 12.9. The van der Waals surface area contributed by atoms with E-state index in [2.05, 4.69) is 16.4 Å². The van der Waals surface area contributed by atoms with E-state index in [-0.39, 0.29) is 24.3 Å². The Labute approximate surface area is 184 Å². The molecule has 32 heavy (non-hydrogen) atoms.